The van der Waals surface area contributed by atoms with Crippen LogP contribution >= 0.6 is 0 Å². The van der Waals surface area contributed by atoms with E-state index < -0.39 is 11.7 Å². The summed E-state index contributed by atoms with van der Waals surface area (Å²) in [6.07, 6.45) is -1.36. The number of amides is 2. The zero-order valence-corrected chi connectivity index (χ0v) is 19.7. The lowest BCUT2D eigenvalue weighted by Gasteiger charge is -2.43. The minimum Gasteiger partial charge on any atom is -0.371 e. The van der Waals surface area contributed by atoms with Crippen molar-refractivity contribution in [2.24, 2.45) is 17.3 Å². The zero-order valence-electron chi connectivity index (χ0n) is 19.7. The number of piperidine rings is 1. The van der Waals surface area contributed by atoms with E-state index >= 15 is 0 Å². The molecule has 6 nitrogen and oxygen atoms in total. The average molecular weight is 477 g/mol. The summed E-state index contributed by atoms with van der Waals surface area (Å²) in [7, 11) is 0. The number of nitriles is 1. The highest BCUT2D eigenvalue weighted by Gasteiger charge is 2.53. The van der Waals surface area contributed by atoms with Crippen LogP contribution in [-0.4, -0.2) is 60.9 Å². The first kappa shape index (κ1) is 24.4. The van der Waals surface area contributed by atoms with Crippen molar-refractivity contribution in [2.75, 3.05) is 44.2 Å². The molecule has 184 valence electrons. The van der Waals surface area contributed by atoms with Crippen molar-refractivity contribution in [3.05, 3.63) is 29.3 Å². The van der Waals surface area contributed by atoms with Gasteiger partial charge in [-0.1, -0.05) is 13.8 Å². The SMILES string of the molecule is CC(C)C(=O)N1CC(C(=O)N2CCCC2)C2(CCN(c3ccc(C#N)c(C(F)(F)F)c3)CC2)C1. The molecule has 0 bridgehead atoms. The number of halogens is 3. The first-order valence-electron chi connectivity index (χ1n) is 12.0. The van der Waals surface area contributed by atoms with E-state index in [1.165, 1.54) is 6.07 Å². The molecule has 1 aromatic rings. The van der Waals surface area contributed by atoms with Gasteiger partial charge in [-0.3, -0.25) is 9.59 Å². The minimum atomic E-state index is -4.60. The Balaban J connectivity index is 1.56. The van der Waals surface area contributed by atoms with Crippen molar-refractivity contribution in [1.29, 1.82) is 5.26 Å². The maximum atomic E-state index is 13.5. The fraction of sp³-hybridized carbons (Fsp3) is 0.640. The molecular formula is C25H31F3N4O2. The number of carbonyl (C=O) groups is 2. The number of rotatable bonds is 3. The molecule has 4 rings (SSSR count). The number of hydrogen-bond donors (Lipinski definition) is 0. The minimum absolute atomic E-state index is 0.0421. The molecule has 2 amide bonds. The number of anilines is 1. The molecule has 3 saturated heterocycles. The summed E-state index contributed by atoms with van der Waals surface area (Å²) in [5, 5.41) is 9.07. The van der Waals surface area contributed by atoms with Crippen LogP contribution in [-0.2, 0) is 15.8 Å². The number of nitrogens with zero attached hydrogens (tertiary/aromatic N) is 4. The number of carbonyl (C=O) groups excluding carboxylic acids is 2. The number of alkyl halides is 3. The third-order valence-electron chi connectivity index (χ3n) is 7.72. The molecule has 1 aromatic carbocycles. The van der Waals surface area contributed by atoms with Crippen LogP contribution in [0.5, 0.6) is 0 Å². The zero-order chi connectivity index (χ0) is 24.7. The molecule has 9 heteroatoms. The van der Waals surface area contributed by atoms with Crippen LogP contribution in [0.15, 0.2) is 18.2 Å². The summed E-state index contributed by atoms with van der Waals surface area (Å²) in [6.45, 7) is 7.15. The van der Waals surface area contributed by atoms with Crippen LogP contribution in [0, 0.1) is 28.6 Å². The van der Waals surface area contributed by atoms with Crippen molar-refractivity contribution < 1.29 is 22.8 Å². The van der Waals surface area contributed by atoms with Gasteiger partial charge in [-0.05, 0) is 43.9 Å². The second-order valence-electron chi connectivity index (χ2n) is 10.1. The van der Waals surface area contributed by atoms with Gasteiger partial charge >= 0.3 is 6.18 Å². The topological polar surface area (TPSA) is 67.7 Å². The van der Waals surface area contributed by atoms with E-state index in [1.807, 2.05) is 28.5 Å². The molecule has 0 radical (unpaired) electrons. The van der Waals surface area contributed by atoms with Gasteiger partial charge in [-0.25, -0.2) is 0 Å². The Bertz CT molecular complexity index is 987. The number of benzene rings is 1. The highest BCUT2D eigenvalue weighted by Crippen LogP contribution is 2.47. The van der Waals surface area contributed by atoms with Crippen LogP contribution in [0.3, 0.4) is 0 Å². The van der Waals surface area contributed by atoms with Crippen LogP contribution in [0.4, 0.5) is 18.9 Å². The predicted octanol–water partition coefficient (Wildman–Crippen LogP) is 3.90. The Morgan fingerprint density at radius 2 is 1.74 bits per heavy atom. The van der Waals surface area contributed by atoms with E-state index in [-0.39, 0.29) is 34.6 Å². The summed E-state index contributed by atoms with van der Waals surface area (Å²) in [6, 6.07) is 5.45. The normalized spacial score (nSPS) is 22.5. The van der Waals surface area contributed by atoms with Gasteiger partial charge in [0.1, 0.15) is 0 Å². The van der Waals surface area contributed by atoms with Crippen molar-refractivity contribution in [1.82, 2.24) is 9.80 Å². The second-order valence-corrected chi connectivity index (χ2v) is 10.1. The van der Waals surface area contributed by atoms with Gasteiger partial charge in [0.2, 0.25) is 11.8 Å². The van der Waals surface area contributed by atoms with Crippen LogP contribution in [0.25, 0.3) is 0 Å². The molecule has 3 aliphatic rings. The van der Waals surface area contributed by atoms with Crippen LogP contribution < -0.4 is 4.90 Å². The summed E-state index contributed by atoms with van der Waals surface area (Å²) in [5.74, 6) is -0.275. The van der Waals surface area contributed by atoms with E-state index in [2.05, 4.69) is 0 Å². The van der Waals surface area contributed by atoms with E-state index in [0.29, 0.717) is 44.7 Å². The van der Waals surface area contributed by atoms with Gasteiger partial charge < -0.3 is 14.7 Å². The molecule has 3 heterocycles. The maximum absolute atomic E-state index is 13.5. The van der Waals surface area contributed by atoms with Crippen molar-refractivity contribution in [2.45, 2.75) is 45.7 Å². The number of likely N-dealkylation sites (tertiary alicyclic amines) is 2. The average Bonchev–Trinajstić information content (AvgIpc) is 3.46. The van der Waals surface area contributed by atoms with Crippen LogP contribution in [0.2, 0.25) is 0 Å². The lowest BCUT2D eigenvalue weighted by atomic mass is 9.70. The highest BCUT2D eigenvalue weighted by atomic mass is 19.4. The van der Waals surface area contributed by atoms with E-state index in [4.69, 9.17) is 5.26 Å². The van der Waals surface area contributed by atoms with E-state index in [0.717, 1.165) is 32.0 Å². The molecule has 1 spiro atoms. The fourth-order valence-corrected chi connectivity index (χ4v) is 5.78. The Morgan fingerprint density at radius 1 is 1.09 bits per heavy atom. The maximum Gasteiger partial charge on any atom is 0.417 e. The molecule has 34 heavy (non-hydrogen) atoms. The van der Waals surface area contributed by atoms with Gasteiger partial charge in [0.25, 0.3) is 0 Å². The van der Waals surface area contributed by atoms with Gasteiger partial charge in [0, 0.05) is 56.3 Å². The van der Waals surface area contributed by atoms with E-state index in [1.54, 1.807) is 12.1 Å². The summed E-state index contributed by atoms with van der Waals surface area (Å²) < 4.78 is 40.3. The van der Waals surface area contributed by atoms with Gasteiger partial charge in [-0.15, -0.1) is 0 Å². The summed E-state index contributed by atoms with van der Waals surface area (Å²) in [5.41, 5.74) is -1.25. The lowest BCUT2D eigenvalue weighted by molar-refractivity contribution is -0.139. The molecular weight excluding hydrogens is 445 g/mol. The standard InChI is InChI=1S/C25H31F3N4O2/c1-17(2)22(33)32-15-21(23(34)31-9-3-4-10-31)24(16-32)7-11-30(12-8-24)19-6-5-18(14-29)20(13-19)25(26,27)28/h5-6,13,17,21H,3-4,7-12,15-16H2,1-2H3. The lowest BCUT2D eigenvalue weighted by Crippen LogP contribution is -2.49. The van der Waals surface area contributed by atoms with Crippen LogP contribution in [0.1, 0.15) is 50.7 Å². The molecule has 1 atom stereocenters. The number of hydrogen-bond acceptors (Lipinski definition) is 4. The van der Waals surface area contributed by atoms with Crippen molar-refractivity contribution in [3.63, 3.8) is 0 Å². The smallest absolute Gasteiger partial charge is 0.371 e. The quantitative estimate of drug-likeness (QED) is 0.664. The molecule has 1 unspecified atom stereocenters. The Kier molecular flexibility index (Phi) is 6.54. The first-order chi connectivity index (χ1) is 16.1. The molecule has 0 N–H and O–H groups in total. The van der Waals surface area contributed by atoms with Crippen molar-refractivity contribution in [3.8, 4) is 6.07 Å². The molecule has 0 aromatic heterocycles. The molecule has 3 fully saturated rings. The van der Waals surface area contributed by atoms with Gasteiger partial charge in [-0.2, -0.15) is 18.4 Å². The monoisotopic (exact) mass is 476 g/mol. The van der Waals surface area contributed by atoms with Gasteiger partial charge in [0.15, 0.2) is 0 Å². The molecule has 0 aliphatic carbocycles. The third kappa shape index (κ3) is 4.47. The van der Waals surface area contributed by atoms with E-state index in [9.17, 15) is 22.8 Å². The third-order valence-corrected chi connectivity index (χ3v) is 7.72. The fourth-order valence-electron chi connectivity index (χ4n) is 5.78. The van der Waals surface area contributed by atoms with Crippen molar-refractivity contribution >= 4 is 17.5 Å². The summed E-state index contributed by atoms with van der Waals surface area (Å²) >= 11 is 0. The summed E-state index contributed by atoms with van der Waals surface area (Å²) in [4.78, 5) is 31.9. The van der Waals surface area contributed by atoms with Gasteiger partial charge in [0.05, 0.1) is 23.1 Å². The largest absolute Gasteiger partial charge is 0.417 e. The highest BCUT2D eigenvalue weighted by molar-refractivity contribution is 5.84. The Labute approximate surface area is 198 Å². The predicted molar refractivity (Wildman–Crippen MR) is 121 cm³/mol. The Hall–Kier alpha value is -2.76. The second kappa shape index (κ2) is 9.12. The first-order valence-corrected chi connectivity index (χ1v) is 12.0. The Morgan fingerprint density at radius 3 is 2.29 bits per heavy atom. The molecule has 0 saturated carbocycles. The molecule has 3 aliphatic heterocycles.